The van der Waals surface area contributed by atoms with Crippen molar-refractivity contribution in [2.45, 2.75) is 13.8 Å². The Labute approximate surface area is 105 Å². The van der Waals surface area contributed by atoms with E-state index < -0.39 is 0 Å². The summed E-state index contributed by atoms with van der Waals surface area (Å²) in [7, 11) is 1.61. The molecule has 2 fully saturated rings. The van der Waals surface area contributed by atoms with Crippen molar-refractivity contribution < 1.29 is 0 Å². The van der Waals surface area contributed by atoms with Gasteiger partial charge in [-0.3, -0.25) is 4.79 Å². The zero-order chi connectivity index (χ0) is 12.4. The van der Waals surface area contributed by atoms with E-state index >= 15 is 0 Å². The van der Waals surface area contributed by atoms with Gasteiger partial charge in [-0.2, -0.15) is 5.10 Å². The summed E-state index contributed by atoms with van der Waals surface area (Å²) in [5.41, 5.74) is 1.04. The molecule has 3 rings (SSSR count). The molecule has 17 heavy (non-hydrogen) atoms. The largest absolute Gasteiger partial charge is 0.368 e. The third-order valence-electron chi connectivity index (χ3n) is 4.52. The van der Waals surface area contributed by atoms with Crippen LogP contribution in [0.2, 0.25) is 5.02 Å². The number of aromatic nitrogens is 2. The number of aryl methyl sites for hydroxylation is 1. The molecule has 1 aromatic heterocycles. The number of anilines is 1. The Morgan fingerprint density at radius 3 is 2.59 bits per heavy atom. The van der Waals surface area contributed by atoms with Crippen molar-refractivity contribution in [3.8, 4) is 0 Å². The zero-order valence-electron chi connectivity index (χ0n) is 10.3. The lowest BCUT2D eigenvalue weighted by Crippen LogP contribution is -2.30. The monoisotopic (exact) mass is 253 g/mol. The highest BCUT2D eigenvalue weighted by Gasteiger charge is 2.62. The van der Waals surface area contributed by atoms with Crippen LogP contribution in [-0.2, 0) is 7.05 Å². The lowest BCUT2D eigenvalue weighted by atomic mass is 10.1. The standard InChI is InChI=1S/C12H16ClN3O/c1-12(2)7-5-16(6-8(7)12)9-4-14-15(3)11(17)10(9)13/h4,7-8H,5-6H2,1-3H3. The highest BCUT2D eigenvalue weighted by molar-refractivity contribution is 6.33. The number of hydrogen-bond donors (Lipinski definition) is 0. The van der Waals surface area contributed by atoms with Crippen LogP contribution in [0.3, 0.4) is 0 Å². The molecule has 4 nitrogen and oxygen atoms in total. The van der Waals surface area contributed by atoms with E-state index in [-0.39, 0.29) is 5.56 Å². The minimum absolute atomic E-state index is 0.219. The summed E-state index contributed by atoms with van der Waals surface area (Å²) in [6, 6.07) is 0. The summed E-state index contributed by atoms with van der Waals surface area (Å²) in [6.07, 6.45) is 1.70. The topological polar surface area (TPSA) is 38.1 Å². The molecule has 1 aliphatic heterocycles. The number of nitrogens with zero attached hydrogens (tertiary/aromatic N) is 3. The Morgan fingerprint density at radius 2 is 2.00 bits per heavy atom. The van der Waals surface area contributed by atoms with Crippen LogP contribution in [0.4, 0.5) is 5.69 Å². The van der Waals surface area contributed by atoms with Gasteiger partial charge in [0.15, 0.2) is 0 Å². The minimum Gasteiger partial charge on any atom is -0.368 e. The second kappa shape index (κ2) is 3.25. The lowest BCUT2D eigenvalue weighted by molar-refractivity contribution is 0.499. The first-order valence-electron chi connectivity index (χ1n) is 5.89. The van der Waals surface area contributed by atoms with Crippen molar-refractivity contribution in [1.29, 1.82) is 0 Å². The van der Waals surface area contributed by atoms with E-state index in [4.69, 9.17) is 11.6 Å². The molecule has 1 aliphatic carbocycles. The van der Waals surface area contributed by atoms with Crippen LogP contribution in [0, 0.1) is 17.3 Å². The summed E-state index contributed by atoms with van der Waals surface area (Å²) in [6.45, 7) is 6.60. The van der Waals surface area contributed by atoms with Gasteiger partial charge in [0.2, 0.25) is 0 Å². The fourth-order valence-corrected chi connectivity index (χ4v) is 3.34. The van der Waals surface area contributed by atoms with Gasteiger partial charge in [0.05, 0.1) is 11.9 Å². The third kappa shape index (κ3) is 1.43. The van der Waals surface area contributed by atoms with Gasteiger partial charge < -0.3 is 4.90 Å². The first kappa shape index (κ1) is 11.1. The van der Waals surface area contributed by atoms with E-state index in [9.17, 15) is 4.79 Å². The van der Waals surface area contributed by atoms with E-state index in [2.05, 4.69) is 23.8 Å². The van der Waals surface area contributed by atoms with Crippen molar-refractivity contribution >= 4 is 17.3 Å². The Balaban J connectivity index is 1.89. The molecule has 0 N–H and O–H groups in total. The normalized spacial score (nSPS) is 29.3. The number of halogens is 1. The van der Waals surface area contributed by atoms with Crippen LogP contribution in [-0.4, -0.2) is 22.9 Å². The quantitative estimate of drug-likeness (QED) is 0.762. The van der Waals surface area contributed by atoms with Crippen LogP contribution in [0.5, 0.6) is 0 Å². The Hall–Kier alpha value is -1.03. The highest BCUT2D eigenvalue weighted by Crippen LogP contribution is 2.62. The molecule has 1 aromatic rings. The highest BCUT2D eigenvalue weighted by atomic mass is 35.5. The van der Waals surface area contributed by atoms with Crippen molar-refractivity contribution in [2.75, 3.05) is 18.0 Å². The molecule has 2 heterocycles. The molecule has 0 spiro atoms. The molecule has 92 valence electrons. The molecule has 0 bridgehead atoms. The lowest BCUT2D eigenvalue weighted by Gasteiger charge is -2.24. The summed E-state index contributed by atoms with van der Waals surface area (Å²) < 4.78 is 1.27. The molecule has 0 aromatic carbocycles. The van der Waals surface area contributed by atoms with Gasteiger partial charge in [-0.25, -0.2) is 4.68 Å². The van der Waals surface area contributed by atoms with Gasteiger partial charge in [-0.15, -0.1) is 0 Å². The number of fused-ring (bicyclic) bond motifs is 1. The maximum Gasteiger partial charge on any atom is 0.287 e. The molecule has 0 radical (unpaired) electrons. The Bertz CT molecular complexity index is 523. The average Bonchev–Trinajstić information content (AvgIpc) is 2.69. The van der Waals surface area contributed by atoms with E-state index in [0.717, 1.165) is 30.6 Å². The van der Waals surface area contributed by atoms with Gasteiger partial charge >= 0.3 is 0 Å². The van der Waals surface area contributed by atoms with Crippen LogP contribution < -0.4 is 10.5 Å². The molecule has 2 unspecified atom stereocenters. The summed E-state index contributed by atoms with van der Waals surface area (Å²) in [5, 5.41) is 4.33. The van der Waals surface area contributed by atoms with E-state index in [0.29, 0.717) is 10.4 Å². The average molecular weight is 254 g/mol. The van der Waals surface area contributed by atoms with Crippen molar-refractivity contribution in [3.63, 3.8) is 0 Å². The second-order valence-electron chi connectivity index (χ2n) is 5.71. The predicted molar refractivity (Wildman–Crippen MR) is 67.5 cm³/mol. The summed E-state index contributed by atoms with van der Waals surface area (Å²) in [4.78, 5) is 13.9. The molecule has 5 heteroatoms. The molecule has 2 aliphatic rings. The fourth-order valence-electron chi connectivity index (χ4n) is 3.05. The minimum atomic E-state index is -0.219. The SMILES string of the molecule is Cn1ncc(N2CC3C(C2)C3(C)C)c(Cl)c1=O. The van der Waals surface area contributed by atoms with Crippen LogP contribution in [0.15, 0.2) is 11.0 Å². The van der Waals surface area contributed by atoms with E-state index in [1.807, 2.05) is 0 Å². The first-order valence-corrected chi connectivity index (χ1v) is 6.27. The molecule has 0 amide bonds. The molecule has 2 atom stereocenters. The van der Waals surface area contributed by atoms with Crippen molar-refractivity contribution in [2.24, 2.45) is 24.3 Å². The summed E-state index contributed by atoms with van der Waals surface area (Å²) >= 11 is 6.10. The van der Waals surface area contributed by atoms with Gasteiger partial charge in [0.1, 0.15) is 5.02 Å². The van der Waals surface area contributed by atoms with Gasteiger partial charge in [-0.1, -0.05) is 25.4 Å². The van der Waals surface area contributed by atoms with Crippen molar-refractivity contribution in [1.82, 2.24) is 9.78 Å². The number of piperidine rings is 1. The number of rotatable bonds is 1. The van der Waals surface area contributed by atoms with Gasteiger partial charge in [0.25, 0.3) is 5.56 Å². The second-order valence-corrected chi connectivity index (χ2v) is 6.09. The van der Waals surface area contributed by atoms with Crippen LogP contribution in [0.25, 0.3) is 0 Å². The molecule has 1 saturated heterocycles. The van der Waals surface area contributed by atoms with Gasteiger partial charge in [-0.05, 0) is 17.3 Å². The smallest absolute Gasteiger partial charge is 0.287 e. The van der Waals surface area contributed by atoms with Gasteiger partial charge in [0, 0.05) is 20.1 Å². The predicted octanol–water partition coefficient (Wildman–Crippen LogP) is 1.53. The van der Waals surface area contributed by atoms with Crippen LogP contribution in [0.1, 0.15) is 13.8 Å². The van der Waals surface area contributed by atoms with E-state index in [1.165, 1.54) is 4.68 Å². The maximum atomic E-state index is 11.7. The Kier molecular flexibility index (Phi) is 2.12. The maximum absolute atomic E-state index is 11.7. The molecule has 1 saturated carbocycles. The van der Waals surface area contributed by atoms with Crippen molar-refractivity contribution in [3.05, 3.63) is 21.6 Å². The third-order valence-corrected chi connectivity index (χ3v) is 4.88. The van der Waals surface area contributed by atoms with Crippen LogP contribution >= 0.6 is 11.6 Å². The molecular formula is C12H16ClN3O. The first-order chi connectivity index (χ1) is 7.93. The van der Waals surface area contributed by atoms with E-state index in [1.54, 1.807) is 13.2 Å². The Morgan fingerprint density at radius 1 is 1.41 bits per heavy atom. The summed E-state index contributed by atoms with van der Waals surface area (Å²) in [5.74, 6) is 1.48. The fraction of sp³-hybridized carbons (Fsp3) is 0.667. The number of hydrogen-bond acceptors (Lipinski definition) is 3. The molecular weight excluding hydrogens is 238 g/mol. The zero-order valence-corrected chi connectivity index (χ0v) is 11.0.